The topological polar surface area (TPSA) is 101 Å². The van der Waals surface area contributed by atoms with E-state index in [9.17, 15) is 14.9 Å². The van der Waals surface area contributed by atoms with E-state index in [1.54, 1.807) is 6.92 Å². The van der Waals surface area contributed by atoms with Crippen molar-refractivity contribution in [1.29, 1.82) is 0 Å². The molecule has 0 atom stereocenters. The second kappa shape index (κ2) is 8.47. The summed E-state index contributed by atoms with van der Waals surface area (Å²) in [6.45, 7) is 2.51. The molecular formula is C16H16N2O6S2. The summed E-state index contributed by atoms with van der Waals surface area (Å²) in [5.74, 6) is 0.796. The molecule has 8 nitrogen and oxygen atoms in total. The highest BCUT2D eigenvalue weighted by molar-refractivity contribution is 8.00. The van der Waals surface area contributed by atoms with Crippen molar-refractivity contribution < 1.29 is 23.9 Å². The van der Waals surface area contributed by atoms with Crippen LogP contribution in [-0.2, 0) is 33.0 Å². The Kier molecular flexibility index (Phi) is 6.07. The molecule has 0 aliphatic carbocycles. The van der Waals surface area contributed by atoms with Gasteiger partial charge < -0.3 is 14.2 Å². The highest BCUT2D eigenvalue weighted by Gasteiger charge is 2.21. The third kappa shape index (κ3) is 4.51. The fourth-order valence-electron chi connectivity index (χ4n) is 2.43. The zero-order chi connectivity index (χ0) is 18.5. The molecule has 2 heterocycles. The molecule has 0 saturated heterocycles. The molecule has 0 unspecified atom stereocenters. The standard InChI is InChI=1S/C16H16N2O6S2/c1-2-23-14(19)5-12-8-26-16(17-12)25-7-11-4-13(18(20)21)3-10-6-22-9-24-15(10)11/h3-4,8H,2,5-7,9H2,1H3. The van der Waals surface area contributed by atoms with E-state index in [1.807, 2.05) is 5.38 Å². The number of non-ortho nitro benzene ring substituents is 1. The number of nitro benzene ring substituents is 1. The Labute approximate surface area is 157 Å². The molecule has 0 bridgehead atoms. The van der Waals surface area contributed by atoms with Gasteiger partial charge in [0.1, 0.15) is 10.1 Å². The molecule has 10 heteroatoms. The number of hydrogen-bond donors (Lipinski definition) is 0. The molecule has 26 heavy (non-hydrogen) atoms. The van der Waals surface area contributed by atoms with E-state index >= 15 is 0 Å². The Morgan fingerprint density at radius 1 is 1.50 bits per heavy atom. The molecule has 1 aromatic carbocycles. The lowest BCUT2D eigenvalue weighted by molar-refractivity contribution is -0.385. The van der Waals surface area contributed by atoms with Crippen molar-refractivity contribution in [3.05, 3.63) is 44.4 Å². The van der Waals surface area contributed by atoms with E-state index in [1.165, 1.54) is 35.2 Å². The van der Waals surface area contributed by atoms with Crippen LogP contribution in [0.4, 0.5) is 5.69 Å². The van der Waals surface area contributed by atoms with Crippen molar-refractivity contribution >= 4 is 34.8 Å². The number of thiazole rings is 1. The van der Waals surface area contributed by atoms with E-state index in [4.69, 9.17) is 14.2 Å². The van der Waals surface area contributed by atoms with Crippen molar-refractivity contribution in [2.75, 3.05) is 13.4 Å². The predicted octanol–water partition coefficient (Wildman–Crippen LogP) is 3.32. The molecule has 2 aromatic rings. The highest BCUT2D eigenvalue weighted by Crippen LogP contribution is 2.36. The van der Waals surface area contributed by atoms with E-state index in [2.05, 4.69) is 4.98 Å². The lowest BCUT2D eigenvalue weighted by Gasteiger charge is -2.20. The molecule has 0 saturated carbocycles. The second-order valence-corrected chi connectivity index (χ2v) is 7.42. The first-order valence-corrected chi connectivity index (χ1v) is 9.67. The summed E-state index contributed by atoms with van der Waals surface area (Å²) in [5.41, 5.74) is 2.06. The van der Waals surface area contributed by atoms with Crippen molar-refractivity contribution in [2.24, 2.45) is 0 Å². The summed E-state index contributed by atoms with van der Waals surface area (Å²) in [5, 5.41) is 12.9. The number of fused-ring (bicyclic) bond motifs is 1. The summed E-state index contributed by atoms with van der Waals surface area (Å²) in [6, 6.07) is 2.99. The van der Waals surface area contributed by atoms with Crippen LogP contribution in [-0.4, -0.2) is 29.3 Å². The molecule has 0 spiro atoms. The van der Waals surface area contributed by atoms with Gasteiger partial charge in [0.05, 0.1) is 30.3 Å². The molecule has 3 rings (SSSR count). The van der Waals surface area contributed by atoms with Crippen LogP contribution < -0.4 is 4.74 Å². The van der Waals surface area contributed by atoms with E-state index in [0.29, 0.717) is 29.4 Å². The molecule has 0 amide bonds. The molecule has 1 aliphatic heterocycles. The van der Waals surface area contributed by atoms with Gasteiger partial charge in [-0.15, -0.1) is 11.3 Å². The monoisotopic (exact) mass is 396 g/mol. The third-order valence-corrected chi connectivity index (χ3v) is 5.61. The maximum atomic E-state index is 11.5. The molecule has 0 N–H and O–H groups in total. The van der Waals surface area contributed by atoms with Gasteiger partial charge in [-0.2, -0.15) is 0 Å². The number of benzene rings is 1. The van der Waals surface area contributed by atoms with Crippen molar-refractivity contribution in [3.63, 3.8) is 0 Å². The van der Waals surface area contributed by atoms with Crippen LogP contribution >= 0.6 is 23.1 Å². The number of aromatic nitrogens is 1. The van der Waals surface area contributed by atoms with Gasteiger partial charge in [-0.25, -0.2) is 4.98 Å². The van der Waals surface area contributed by atoms with Crippen LogP contribution in [0.2, 0.25) is 0 Å². The van der Waals surface area contributed by atoms with Gasteiger partial charge in [0.25, 0.3) is 5.69 Å². The average molecular weight is 396 g/mol. The van der Waals surface area contributed by atoms with Gasteiger partial charge in [-0.05, 0) is 6.92 Å². The lowest BCUT2D eigenvalue weighted by Crippen LogP contribution is -2.13. The zero-order valence-electron chi connectivity index (χ0n) is 13.9. The number of nitrogens with zero attached hydrogens (tertiary/aromatic N) is 2. The van der Waals surface area contributed by atoms with Gasteiger partial charge in [0.2, 0.25) is 0 Å². The number of carbonyl (C=O) groups is 1. The first-order valence-electron chi connectivity index (χ1n) is 7.80. The Morgan fingerprint density at radius 2 is 2.35 bits per heavy atom. The first-order chi connectivity index (χ1) is 12.6. The highest BCUT2D eigenvalue weighted by atomic mass is 32.2. The fraction of sp³-hybridized carbons (Fsp3) is 0.375. The van der Waals surface area contributed by atoms with Crippen molar-refractivity contribution in [2.45, 2.75) is 30.0 Å². The fourth-order valence-corrected chi connectivity index (χ4v) is 4.24. The Morgan fingerprint density at radius 3 is 3.12 bits per heavy atom. The van der Waals surface area contributed by atoms with Crippen LogP contribution in [0.1, 0.15) is 23.7 Å². The van der Waals surface area contributed by atoms with Crippen LogP contribution in [0.25, 0.3) is 0 Å². The van der Waals surface area contributed by atoms with Crippen LogP contribution in [0.15, 0.2) is 21.9 Å². The minimum absolute atomic E-state index is 0.00980. The second-order valence-electron chi connectivity index (χ2n) is 5.34. The first kappa shape index (κ1) is 18.6. The number of rotatable bonds is 7. The van der Waals surface area contributed by atoms with Gasteiger partial charge in [0, 0.05) is 34.4 Å². The Hall–Kier alpha value is -2.17. The summed E-state index contributed by atoms with van der Waals surface area (Å²) >= 11 is 2.86. The van der Waals surface area contributed by atoms with Gasteiger partial charge in [-0.3, -0.25) is 14.9 Å². The van der Waals surface area contributed by atoms with Crippen molar-refractivity contribution in [3.8, 4) is 5.75 Å². The third-order valence-electron chi connectivity index (χ3n) is 3.50. The van der Waals surface area contributed by atoms with Crippen LogP contribution in [0.3, 0.4) is 0 Å². The molecule has 1 aromatic heterocycles. The number of carbonyl (C=O) groups excluding carboxylic acids is 1. The Balaban J connectivity index is 1.71. The minimum atomic E-state index is -0.427. The van der Waals surface area contributed by atoms with Gasteiger partial charge in [0.15, 0.2) is 6.79 Å². The largest absolute Gasteiger partial charge is 0.467 e. The lowest BCUT2D eigenvalue weighted by atomic mass is 10.1. The maximum Gasteiger partial charge on any atom is 0.311 e. The number of nitro groups is 1. The summed E-state index contributed by atoms with van der Waals surface area (Å²) < 4.78 is 16.4. The number of esters is 1. The maximum absolute atomic E-state index is 11.5. The predicted molar refractivity (Wildman–Crippen MR) is 95.4 cm³/mol. The number of hydrogen-bond acceptors (Lipinski definition) is 9. The normalized spacial score (nSPS) is 13.0. The smallest absolute Gasteiger partial charge is 0.311 e. The average Bonchev–Trinajstić information content (AvgIpc) is 3.06. The SMILES string of the molecule is CCOC(=O)Cc1csc(SCc2cc([N+](=O)[O-])cc3c2OCOC3)n1. The van der Waals surface area contributed by atoms with Crippen LogP contribution in [0.5, 0.6) is 5.75 Å². The van der Waals surface area contributed by atoms with E-state index < -0.39 is 4.92 Å². The van der Waals surface area contributed by atoms with E-state index in [-0.39, 0.29) is 31.5 Å². The molecule has 138 valence electrons. The Bertz CT molecular complexity index is 823. The molecule has 0 fully saturated rings. The summed E-state index contributed by atoms with van der Waals surface area (Å²) in [4.78, 5) is 26.6. The van der Waals surface area contributed by atoms with Crippen LogP contribution in [0, 0.1) is 10.1 Å². The number of ether oxygens (including phenoxy) is 3. The zero-order valence-corrected chi connectivity index (χ0v) is 15.6. The number of thioether (sulfide) groups is 1. The minimum Gasteiger partial charge on any atom is -0.467 e. The summed E-state index contributed by atoms with van der Waals surface area (Å²) in [6.07, 6.45) is 0.136. The molecule has 0 radical (unpaired) electrons. The molecular weight excluding hydrogens is 380 g/mol. The van der Waals surface area contributed by atoms with Gasteiger partial charge >= 0.3 is 5.97 Å². The van der Waals surface area contributed by atoms with Crippen molar-refractivity contribution in [1.82, 2.24) is 4.98 Å². The van der Waals surface area contributed by atoms with E-state index in [0.717, 1.165) is 9.90 Å². The quantitative estimate of drug-likeness (QED) is 0.304. The van der Waals surface area contributed by atoms with Gasteiger partial charge in [-0.1, -0.05) is 11.8 Å². The molecule has 1 aliphatic rings. The summed E-state index contributed by atoms with van der Waals surface area (Å²) in [7, 11) is 0.